The van der Waals surface area contributed by atoms with Crippen LogP contribution in [0.2, 0.25) is 5.02 Å². The summed E-state index contributed by atoms with van der Waals surface area (Å²) in [6.45, 7) is 4.19. The quantitative estimate of drug-likeness (QED) is 0.579. The van der Waals surface area contributed by atoms with E-state index < -0.39 is 0 Å². The summed E-state index contributed by atoms with van der Waals surface area (Å²) in [7, 11) is 3.81. The van der Waals surface area contributed by atoms with Crippen molar-refractivity contribution in [3.8, 4) is 11.1 Å². The minimum atomic E-state index is -0.193. The summed E-state index contributed by atoms with van der Waals surface area (Å²) >= 11 is 6.26. The molecule has 3 aromatic rings. The lowest BCUT2D eigenvalue weighted by atomic mass is 9.93. The van der Waals surface area contributed by atoms with E-state index >= 15 is 0 Å². The van der Waals surface area contributed by atoms with Gasteiger partial charge in [0.2, 0.25) is 11.7 Å². The summed E-state index contributed by atoms with van der Waals surface area (Å²) < 4.78 is 5.65. The Morgan fingerprint density at radius 2 is 2.03 bits per heavy atom. The highest BCUT2D eigenvalue weighted by Crippen LogP contribution is 2.38. The van der Waals surface area contributed by atoms with E-state index in [0.717, 1.165) is 36.1 Å². The van der Waals surface area contributed by atoms with Gasteiger partial charge in [0.1, 0.15) is 0 Å². The van der Waals surface area contributed by atoms with Gasteiger partial charge in [-0.2, -0.15) is 0 Å². The van der Waals surface area contributed by atoms with Crippen molar-refractivity contribution in [1.82, 2.24) is 19.9 Å². The van der Waals surface area contributed by atoms with Crippen molar-refractivity contribution in [3.05, 3.63) is 58.5 Å². The fourth-order valence-corrected chi connectivity index (χ4v) is 4.24. The smallest absolute Gasteiger partial charge is 0.292 e. The predicted molar refractivity (Wildman–Crippen MR) is 120 cm³/mol. The van der Waals surface area contributed by atoms with Crippen LogP contribution in [0.4, 0.5) is 5.95 Å². The summed E-state index contributed by atoms with van der Waals surface area (Å²) in [6, 6.07) is 7.44. The molecule has 1 aliphatic heterocycles. The van der Waals surface area contributed by atoms with E-state index in [2.05, 4.69) is 9.97 Å². The number of carbonyl (C=O) groups is 1. The summed E-state index contributed by atoms with van der Waals surface area (Å²) in [6.07, 6.45) is 4.59. The molecule has 4 rings (SSSR count). The normalized spacial score (nSPS) is 16.4. The van der Waals surface area contributed by atoms with Crippen LogP contribution in [0.25, 0.3) is 11.1 Å². The SMILES string of the molecule is Cc1nc(C)c(C(=O)N2CCCCC2c2nc(N(C)C)ncc2-c2cccc(Cl)c2)o1. The van der Waals surface area contributed by atoms with Crippen molar-refractivity contribution in [2.24, 2.45) is 0 Å². The molecule has 0 saturated carbocycles. The number of nitrogens with zero attached hydrogens (tertiary/aromatic N) is 5. The molecular weight excluding hydrogens is 414 g/mol. The van der Waals surface area contributed by atoms with Gasteiger partial charge in [-0.25, -0.2) is 15.0 Å². The Labute approximate surface area is 187 Å². The largest absolute Gasteiger partial charge is 0.436 e. The number of likely N-dealkylation sites (tertiary alicyclic amines) is 1. The highest BCUT2D eigenvalue weighted by Gasteiger charge is 2.34. The minimum absolute atomic E-state index is 0.148. The second kappa shape index (κ2) is 8.67. The number of aryl methyl sites for hydroxylation is 2. The number of rotatable bonds is 4. The van der Waals surface area contributed by atoms with E-state index in [-0.39, 0.29) is 11.9 Å². The second-order valence-corrected chi connectivity index (χ2v) is 8.47. The number of hydrogen-bond donors (Lipinski definition) is 0. The van der Waals surface area contributed by atoms with Gasteiger partial charge in [0.05, 0.1) is 17.4 Å². The summed E-state index contributed by atoms with van der Waals surface area (Å²) in [5.41, 5.74) is 3.24. The number of piperidine rings is 1. The number of halogens is 1. The van der Waals surface area contributed by atoms with Crippen molar-refractivity contribution < 1.29 is 9.21 Å². The Kier molecular flexibility index (Phi) is 5.96. The molecule has 7 nitrogen and oxygen atoms in total. The Hall–Kier alpha value is -2.93. The molecule has 8 heteroatoms. The zero-order valence-corrected chi connectivity index (χ0v) is 19.0. The first kappa shape index (κ1) is 21.3. The molecule has 1 unspecified atom stereocenters. The maximum absolute atomic E-state index is 13.5. The summed E-state index contributed by atoms with van der Waals surface area (Å²) in [5, 5.41) is 0.643. The van der Waals surface area contributed by atoms with E-state index in [4.69, 9.17) is 21.0 Å². The predicted octanol–water partition coefficient (Wildman–Crippen LogP) is 4.84. The number of oxazole rings is 1. The van der Waals surface area contributed by atoms with Crippen molar-refractivity contribution in [3.63, 3.8) is 0 Å². The molecule has 2 aromatic heterocycles. The fourth-order valence-electron chi connectivity index (χ4n) is 4.05. The van der Waals surface area contributed by atoms with Crippen LogP contribution in [-0.4, -0.2) is 46.4 Å². The molecule has 162 valence electrons. The van der Waals surface area contributed by atoms with Gasteiger partial charge in [0.25, 0.3) is 5.91 Å². The maximum Gasteiger partial charge on any atom is 0.292 e. The first-order chi connectivity index (χ1) is 14.8. The standard InChI is InChI=1S/C23H26ClN5O2/c1-14-21(31-15(2)26-14)22(30)29-11-6-5-10-19(29)20-18(13-25-23(27-20)28(3)4)16-8-7-9-17(24)12-16/h7-9,12-13,19H,5-6,10-11H2,1-4H3. The van der Waals surface area contributed by atoms with Crippen LogP contribution < -0.4 is 4.90 Å². The monoisotopic (exact) mass is 439 g/mol. The Morgan fingerprint density at radius 3 is 2.71 bits per heavy atom. The van der Waals surface area contributed by atoms with Crippen LogP contribution in [0.5, 0.6) is 0 Å². The lowest BCUT2D eigenvalue weighted by molar-refractivity contribution is 0.0572. The number of hydrogen-bond acceptors (Lipinski definition) is 6. The topological polar surface area (TPSA) is 75.4 Å². The van der Waals surface area contributed by atoms with Crippen LogP contribution in [0, 0.1) is 13.8 Å². The minimum Gasteiger partial charge on any atom is -0.436 e. The van der Waals surface area contributed by atoms with Crippen molar-refractivity contribution in [1.29, 1.82) is 0 Å². The number of amides is 1. The molecule has 0 spiro atoms. The van der Waals surface area contributed by atoms with Crippen LogP contribution in [0.3, 0.4) is 0 Å². The van der Waals surface area contributed by atoms with E-state index in [1.807, 2.05) is 54.4 Å². The average Bonchev–Trinajstić information content (AvgIpc) is 3.10. The lowest BCUT2D eigenvalue weighted by Gasteiger charge is -2.36. The van der Waals surface area contributed by atoms with Gasteiger partial charge >= 0.3 is 0 Å². The molecular formula is C23H26ClN5O2. The number of benzene rings is 1. The van der Waals surface area contributed by atoms with Gasteiger partial charge in [-0.05, 0) is 43.9 Å². The van der Waals surface area contributed by atoms with E-state index in [9.17, 15) is 4.79 Å². The molecule has 31 heavy (non-hydrogen) atoms. The van der Waals surface area contributed by atoms with E-state index in [0.29, 0.717) is 34.9 Å². The highest BCUT2D eigenvalue weighted by molar-refractivity contribution is 6.30. The molecule has 0 bridgehead atoms. The summed E-state index contributed by atoms with van der Waals surface area (Å²) in [4.78, 5) is 30.9. The third-order valence-corrected chi connectivity index (χ3v) is 5.75. The molecule has 0 aliphatic carbocycles. The van der Waals surface area contributed by atoms with E-state index in [1.165, 1.54) is 0 Å². The van der Waals surface area contributed by atoms with Gasteiger partial charge in [-0.3, -0.25) is 4.79 Å². The Bertz CT molecular complexity index is 1110. The van der Waals surface area contributed by atoms with Crippen LogP contribution in [0.15, 0.2) is 34.9 Å². The molecule has 1 atom stereocenters. The lowest BCUT2D eigenvalue weighted by Crippen LogP contribution is -2.39. The number of aromatic nitrogens is 3. The summed E-state index contributed by atoms with van der Waals surface area (Å²) in [5.74, 6) is 1.25. The highest BCUT2D eigenvalue weighted by atomic mass is 35.5. The average molecular weight is 440 g/mol. The zero-order chi connectivity index (χ0) is 22.1. The molecule has 1 amide bonds. The van der Waals surface area contributed by atoms with Gasteiger partial charge in [0, 0.05) is 44.3 Å². The first-order valence-electron chi connectivity index (χ1n) is 10.4. The van der Waals surface area contributed by atoms with Crippen molar-refractivity contribution >= 4 is 23.5 Å². The molecule has 0 N–H and O–H groups in total. The zero-order valence-electron chi connectivity index (χ0n) is 18.2. The van der Waals surface area contributed by atoms with Crippen molar-refractivity contribution in [2.45, 2.75) is 39.2 Å². The van der Waals surface area contributed by atoms with Crippen LogP contribution in [0.1, 0.15) is 53.1 Å². The van der Waals surface area contributed by atoms with E-state index in [1.54, 1.807) is 13.8 Å². The molecule has 1 aromatic carbocycles. The molecule has 3 heterocycles. The third kappa shape index (κ3) is 4.28. The van der Waals surface area contributed by atoms with Gasteiger partial charge < -0.3 is 14.2 Å². The number of anilines is 1. The molecule has 1 aliphatic rings. The molecule has 1 fully saturated rings. The third-order valence-electron chi connectivity index (χ3n) is 5.52. The van der Waals surface area contributed by atoms with Crippen molar-refractivity contribution in [2.75, 3.05) is 25.5 Å². The Morgan fingerprint density at radius 1 is 1.23 bits per heavy atom. The second-order valence-electron chi connectivity index (χ2n) is 8.03. The van der Waals surface area contributed by atoms with Crippen LogP contribution in [-0.2, 0) is 0 Å². The Balaban J connectivity index is 1.82. The fraction of sp³-hybridized carbons (Fsp3) is 0.391. The van der Waals surface area contributed by atoms with Gasteiger partial charge in [-0.15, -0.1) is 0 Å². The van der Waals surface area contributed by atoms with Gasteiger partial charge in [-0.1, -0.05) is 23.7 Å². The van der Waals surface area contributed by atoms with Gasteiger partial charge in [0.15, 0.2) is 5.89 Å². The molecule has 1 saturated heterocycles. The van der Waals surface area contributed by atoms with Crippen LogP contribution >= 0.6 is 11.6 Å². The molecule has 0 radical (unpaired) electrons. The number of carbonyl (C=O) groups excluding carboxylic acids is 1. The first-order valence-corrected chi connectivity index (χ1v) is 10.8. The maximum atomic E-state index is 13.5.